The van der Waals surface area contributed by atoms with Crippen molar-refractivity contribution >= 4 is 0 Å². The Bertz CT molecular complexity index is 371. The molecule has 2 N–H and O–H groups in total. The highest BCUT2D eigenvalue weighted by molar-refractivity contribution is 5.34. The molecule has 0 radical (unpaired) electrons. The highest BCUT2D eigenvalue weighted by atomic mass is 19.1. The van der Waals surface area contributed by atoms with Crippen molar-refractivity contribution in [2.24, 2.45) is 11.7 Å². The van der Waals surface area contributed by atoms with E-state index in [-0.39, 0.29) is 12.5 Å². The van der Waals surface area contributed by atoms with Crippen molar-refractivity contribution in [3.05, 3.63) is 34.9 Å². The lowest BCUT2D eigenvalue weighted by Crippen LogP contribution is -2.32. The monoisotopic (exact) mass is 207 g/mol. The molecule has 1 unspecified atom stereocenters. The van der Waals surface area contributed by atoms with Crippen molar-refractivity contribution in [3.8, 4) is 0 Å². The summed E-state index contributed by atoms with van der Waals surface area (Å²) in [4.78, 5) is 0. The topological polar surface area (TPSA) is 26.0 Å². The molecule has 1 saturated carbocycles. The van der Waals surface area contributed by atoms with Crippen molar-refractivity contribution in [1.29, 1.82) is 0 Å². The summed E-state index contributed by atoms with van der Waals surface area (Å²) in [7, 11) is 0. The third-order valence-corrected chi connectivity index (χ3v) is 3.51. The molecule has 1 aromatic carbocycles. The Morgan fingerprint density at radius 1 is 1.33 bits per heavy atom. The molecule has 0 aliphatic heterocycles. The second kappa shape index (κ2) is 3.60. The van der Waals surface area contributed by atoms with Gasteiger partial charge in [0.15, 0.2) is 5.67 Å². The highest BCUT2D eigenvalue weighted by Crippen LogP contribution is 2.48. The smallest absolute Gasteiger partial charge is 0.150 e. The first kappa shape index (κ1) is 10.6. The standard InChI is InChI=1S/C13H18FN/c1-9-3-4-12(7-10(9)2)13(14,8-15)11-5-6-11/h3-4,7,11H,5-6,8,15H2,1-2H3. The minimum atomic E-state index is -1.29. The van der Waals surface area contributed by atoms with Crippen LogP contribution in [0, 0.1) is 19.8 Å². The van der Waals surface area contributed by atoms with Gasteiger partial charge < -0.3 is 5.73 Å². The molecule has 82 valence electrons. The van der Waals surface area contributed by atoms with Crippen molar-refractivity contribution < 1.29 is 4.39 Å². The van der Waals surface area contributed by atoms with Gasteiger partial charge in [-0.1, -0.05) is 18.2 Å². The van der Waals surface area contributed by atoms with E-state index in [0.717, 1.165) is 24.0 Å². The Balaban J connectivity index is 2.38. The molecule has 1 aromatic rings. The highest BCUT2D eigenvalue weighted by Gasteiger charge is 2.46. The lowest BCUT2D eigenvalue weighted by atomic mass is 9.89. The minimum Gasteiger partial charge on any atom is -0.327 e. The molecule has 1 fully saturated rings. The average molecular weight is 207 g/mol. The van der Waals surface area contributed by atoms with Crippen molar-refractivity contribution in [2.45, 2.75) is 32.4 Å². The third-order valence-electron chi connectivity index (χ3n) is 3.51. The molecule has 2 rings (SSSR count). The molecule has 1 nitrogen and oxygen atoms in total. The molecule has 0 heterocycles. The van der Waals surface area contributed by atoms with E-state index in [2.05, 4.69) is 0 Å². The van der Waals surface area contributed by atoms with Crippen LogP contribution in [0.3, 0.4) is 0 Å². The number of halogens is 1. The van der Waals surface area contributed by atoms with Crippen LogP contribution < -0.4 is 5.73 Å². The van der Waals surface area contributed by atoms with Crippen molar-refractivity contribution in [2.75, 3.05) is 6.54 Å². The summed E-state index contributed by atoms with van der Waals surface area (Å²) in [5.41, 5.74) is 7.40. The number of nitrogens with two attached hydrogens (primary N) is 1. The molecular formula is C13H18FN. The van der Waals surface area contributed by atoms with E-state index >= 15 is 0 Å². The molecule has 0 spiro atoms. The number of hydrogen-bond acceptors (Lipinski definition) is 1. The number of alkyl halides is 1. The fourth-order valence-electron chi connectivity index (χ4n) is 2.06. The van der Waals surface area contributed by atoms with Gasteiger partial charge in [0.2, 0.25) is 0 Å². The summed E-state index contributed by atoms with van der Waals surface area (Å²) in [5, 5.41) is 0. The molecule has 0 bridgehead atoms. The van der Waals surface area contributed by atoms with E-state index in [0.29, 0.717) is 0 Å². The first-order valence-corrected chi connectivity index (χ1v) is 5.54. The fraction of sp³-hybridized carbons (Fsp3) is 0.538. The van der Waals surface area contributed by atoms with Gasteiger partial charge in [-0.3, -0.25) is 0 Å². The SMILES string of the molecule is Cc1ccc(C(F)(CN)C2CC2)cc1C. The zero-order valence-electron chi connectivity index (χ0n) is 9.39. The van der Waals surface area contributed by atoms with Gasteiger partial charge in [-0.2, -0.15) is 0 Å². The summed E-state index contributed by atoms with van der Waals surface area (Å²) in [6.45, 7) is 4.15. The van der Waals surface area contributed by atoms with Gasteiger partial charge in [-0.25, -0.2) is 4.39 Å². The van der Waals surface area contributed by atoms with Crippen LogP contribution in [0.1, 0.15) is 29.5 Å². The molecule has 1 aliphatic rings. The van der Waals surface area contributed by atoms with Crippen LogP contribution in [-0.2, 0) is 5.67 Å². The van der Waals surface area contributed by atoms with E-state index in [1.165, 1.54) is 5.56 Å². The van der Waals surface area contributed by atoms with Crippen molar-refractivity contribution in [3.63, 3.8) is 0 Å². The van der Waals surface area contributed by atoms with E-state index in [1.807, 2.05) is 32.0 Å². The summed E-state index contributed by atoms with van der Waals surface area (Å²) in [5.74, 6) is 0.143. The van der Waals surface area contributed by atoms with Gasteiger partial charge in [0.05, 0.1) is 0 Å². The number of benzene rings is 1. The number of rotatable bonds is 3. The summed E-state index contributed by atoms with van der Waals surface area (Å²) in [6.07, 6.45) is 1.95. The maximum atomic E-state index is 14.6. The summed E-state index contributed by atoms with van der Waals surface area (Å²) < 4.78 is 14.6. The Morgan fingerprint density at radius 3 is 2.47 bits per heavy atom. The van der Waals surface area contributed by atoms with E-state index in [1.54, 1.807) is 0 Å². The zero-order chi connectivity index (χ0) is 11.1. The second-order valence-electron chi connectivity index (χ2n) is 4.64. The maximum Gasteiger partial charge on any atom is 0.150 e. The predicted molar refractivity (Wildman–Crippen MR) is 60.5 cm³/mol. The quantitative estimate of drug-likeness (QED) is 0.810. The molecule has 15 heavy (non-hydrogen) atoms. The largest absolute Gasteiger partial charge is 0.327 e. The Kier molecular flexibility index (Phi) is 2.55. The lowest BCUT2D eigenvalue weighted by Gasteiger charge is -2.24. The van der Waals surface area contributed by atoms with E-state index < -0.39 is 5.67 Å². The Labute approximate surface area is 90.5 Å². The molecule has 0 saturated heterocycles. The summed E-state index contributed by atoms with van der Waals surface area (Å²) >= 11 is 0. The second-order valence-corrected chi connectivity index (χ2v) is 4.64. The van der Waals surface area contributed by atoms with E-state index in [9.17, 15) is 4.39 Å². The predicted octanol–water partition coefficient (Wildman–Crippen LogP) is 2.84. The van der Waals surface area contributed by atoms with Gasteiger partial charge in [-0.15, -0.1) is 0 Å². The maximum absolute atomic E-state index is 14.6. The molecule has 1 atom stereocenters. The van der Waals surface area contributed by atoms with Crippen molar-refractivity contribution in [1.82, 2.24) is 0 Å². The van der Waals surface area contributed by atoms with Crippen LogP contribution in [0.25, 0.3) is 0 Å². The first-order valence-electron chi connectivity index (χ1n) is 5.54. The van der Waals surface area contributed by atoms with Crippen LogP contribution in [-0.4, -0.2) is 6.54 Å². The summed E-state index contributed by atoms with van der Waals surface area (Å²) in [6, 6.07) is 5.81. The van der Waals surface area contributed by atoms with Gasteiger partial charge in [0, 0.05) is 6.54 Å². The fourth-order valence-corrected chi connectivity index (χ4v) is 2.06. The molecule has 2 heteroatoms. The van der Waals surface area contributed by atoms with Gasteiger partial charge in [-0.05, 0) is 49.3 Å². The molecule has 0 amide bonds. The third kappa shape index (κ3) is 1.78. The average Bonchev–Trinajstić information content (AvgIpc) is 3.04. The van der Waals surface area contributed by atoms with Gasteiger partial charge in [0.1, 0.15) is 0 Å². The van der Waals surface area contributed by atoms with Crippen LogP contribution >= 0.6 is 0 Å². The molecule has 0 aromatic heterocycles. The van der Waals surface area contributed by atoms with Gasteiger partial charge >= 0.3 is 0 Å². The normalized spacial score (nSPS) is 20.0. The number of hydrogen-bond donors (Lipinski definition) is 1. The molecule has 1 aliphatic carbocycles. The minimum absolute atomic E-state index is 0.0974. The lowest BCUT2D eigenvalue weighted by molar-refractivity contribution is 0.143. The van der Waals surface area contributed by atoms with Crippen LogP contribution in [0.4, 0.5) is 4.39 Å². The Morgan fingerprint density at radius 2 is 2.00 bits per heavy atom. The van der Waals surface area contributed by atoms with Crippen LogP contribution in [0.2, 0.25) is 0 Å². The first-order chi connectivity index (χ1) is 7.08. The number of aryl methyl sites for hydroxylation is 2. The van der Waals surface area contributed by atoms with E-state index in [4.69, 9.17) is 5.73 Å². The molecular weight excluding hydrogens is 189 g/mol. The van der Waals surface area contributed by atoms with Crippen LogP contribution in [0.5, 0.6) is 0 Å². The Hall–Kier alpha value is -0.890. The zero-order valence-corrected chi connectivity index (χ0v) is 9.39. The van der Waals surface area contributed by atoms with Gasteiger partial charge in [0.25, 0.3) is 0 Å². The van der Waals surface area contributed by atoms with Crippen LogP contribution in [0.15, 0.2) is 18.2 Å².